The number of hydrogen-bond acceptors (Lipinski definition) is 3. The van der Waals surface area contributed by atoms with Crippen molar-refractivity contribution in [3.05, 3.63) is 113 Å². The molecule has 1 aliphatic carbocycles. The first-order valence-corrected chi connectivity index (χ1v) is 13.5. The molecule has 1 aliphatic heterocycles. The van der Waals surface area contributed by atoms with Gasteiger partial charge >= 0.3 is 0 Å². The van der Waals surface area contributed by atoms with Gasteiger partial charge in [-0.1, -0.05) is 66.7 Å². The molecule has 3 atom stereocenters. The summed E-state index contributed by atoms with van der Waals surface area (Å²) in [6.07, 6.45) is 5.44. The Bertz CT molecular complexity index is 1570. The molecule has 3 unspecified atom stereocenters. The number of para-hydroxylation sites is 1. The van der Waals surface area contributed by atoms with Crippen LogP contribution in [0.2, 0.25) is 0 Å². The smallest absolute Gasteiger partial charge is 0.261 e. The minimum atomic E-state index is -3.71. The van der Waals surface area contributed by atoms with Gasteiger partial charge in [0, 0.05) is 11.6 Å². The van der Waals surface area contributed by atoms with E-state index in [1.54, 1.807) is 6.07 Å². The Morgan fingerprint density at radius 3 is 2.43 bits per heavy atom. The van der Waals surface area contributed by atoms with Crippen LogP contribution in [0.4, 0.5) is 11.4 Å². The summed E-state index contributed by atoms with van der Waals surface area (Å²) < 4.78 is 29.5. The van der Waals surface area contributed by atoms with Crippen LogP contribution < -0.4 is 10.0 Å². The number of sulfonamides is 1. The molecule has 0 saturated heterocycles. The first kappa shape index (κ1) is 21.9. The highest BCUT2D eigenvalue weighted by Gasteiger charge is 2.38. The van der Waals surface area contributed by atoms with Gasteiger partial charge < -0.3 is 5.32 Å². The van der Waals surface area contributed by atoms with Crippen molar-refractivity contribution in [2.24, 2.45) is 5.92 Å². The number of benzene rings is 4. The van der Waals surface area contributed by atoms with Gasteiger partial charge in [0.1, 0.15) is 0 Å². The SMILES string of the molecule is Cc1cccc(C)c1NS(=O)(=O)c1ccc2c(c1)C1C=CCC1C(c1ccc3ccccc3c1)N2. The Morgan fingerprint density at radius 2 is 1.63 bits per heavy atom. The normalized spacial score (nSPS) is 20.8. The molecule has 1 heterocycles. The lowest BCUT2D eigenvalue weighted by molar-refractivity contribution is 0.425. The van der Waals surface area contributed by atoms with Crippen LogP contribution in [0.25, 0.3) is 10.8 Å². The third kappa shape index (κ3) is 3.80. The maximum absolute atomic E-state index is 13.3. The third-order valence-corrected chi connectivity index (χ3v) is 8.84. The lowest BCUT2D eigenvalue weighted by Gasteiger charge is -2.38. The van der Waals surface area contributed by atoms with E-state index in [4.69, 9.17) is 0 Å². The van der Waals surface area contributed by atoms with Crippen LogP contribution in [0.3, 0.4) is 0 Å². The summed E-state index contributed by atoms with van der Waals surface area (Å²) in [7, 11) is -3.71. The summed E-state index contributed by atoms with van der Waals surface area (Å²) in [6, 6.07) is 26.5. The molecular weight excluding hydrogens is 452 g/mol. The van der Waals surface area contributed by atoms with Crippen LogP contribution >= 0.6 is 0 Å². The summed E-state index contributed by atoms with van der Waals surface area (Å²) in [5, 5.41) is 6.21. The van der Waals surface area contributed by atoms with Crippen LogP contribution in [0.5, 0.6) is 0 Å². The van der Waals surface area contributed by atoms with Crippen LogP contribution in [-0.4, -0.2) is 8.42 Å². The first-order valence-electron chi connectivity index (χ1n) is 12.1. The number of aryl methyl sites for hydroxylation is 2. The zero-order chi connectivity index (χ0) is 24.2. The Kier molecular flexibility index (Phi) is 5.19. The Hall–Kier alpha value is -3.57. The second-order valence-corrected chi connectivity index (χ2v) is 11.4. The molecule has 4 aromatic rings. The van der Waals surface area contributed by atoms with Gasteiger partial charge in [0.05, 0.1) is 16.6 Å². The Balaban J connectivity index is 1.36. The van der Waals surface area contributed by atoms with Crippen molar-refractivity contribution in [3.8, 4) is 0 Å². The molecule has 2 aliphatic rings. The van der Waals surface area contributed by atoms with E-state index in [0.717, 1.165) is 28.8 Å². The topological polar surface area (TPSA) is 58.2 Å². The molecule has 4 aromatic carbocycles. The van der Waals surface area contributed by atoms with E-state index < -0.39 is 10.0 Å². The molecule has 2 N–H and O–H groups in total. The van der Waals surface area contributed by atoms with Crippen molar-refractivity contribution >= 4 is 32.2 Å². The van der Waals surface area contributed by atoms with Crippen LogP contribution in [-0.2, 0) is 10.0 Å². The molecule has 0 radical (unpaired) electrons. The minimum absolute atomic E-state index is 0.169. The summed E-state index contributed by atoms with van der Waals surface area (Å²) >= 11 is 0. The van der Waals surface area contributed by atoms with Crippen LogP contribution in [0, 0.1) is 19.8 Å². The highest BCUT2D eigenvalue weighted by molar-refractivity contribution is 7.92. The van der Waals surface area contributed by atoms with E-state index >= 15 is 0 Å². The van der Waals surface area contributed by atoms with E-state index in [9.17, 15) is 8.42 Å². The zero-order valence-corrected chi connectivity index (χ0v) is 20.6. The lowest BCUT2D eigenvalue weighted by Crippen LogP contribution is -2.29. The van der Waals surface area contributed by atoms with E-state index in [-0.39, 0.29) is 12.0 Å². The fourth-order valence-electron chi connectivity index (χ4n) is 5.64. The maximum atomic E-state index is 13.3. The van der Waals surface area contributed by atoms with E-state index in [0.29, 0.717) is 16.5 Å². The van der Waals surface area contributed by atoms with Gasteiger partial charge in [-0.3, -0.25) is 4.72 Å². The lowest BCUT2D eigenvalue weighted by atomic mass is 9.77. The highest BCUT2D eigenvalue weighted by Crippen LogP contribution is 2.50. The second kappa shape index (κ2) is 8.28. The molecule has 5 heteroatoms. The van der Waals surface area contributed by atoms with E-state index in [2.05, 4.69) is 64.7 Å². The molecule has 0 aromatic heterocycles. The summed E-state index contributed by atoms with van der Waals surface area (Å²) in [6.45, 7) is 3.84. The average Bonchev–Trinajstić information content (AvgIpc) is 3.36. The van der Waals surface area contributed by atoms with Gasteiger partial charge in [0.2, 0.25) is 0 Å². The van der Waals surface area contributed by atoms with Crippen molar-refractivity contribution < 1.29 is 8.42 Å². The predicted octanol–water partition coefficient (Wildman–Crippen LogP) is 7.08. The molecule has 176 valence electrons. The Morgan fingerprint density at radius 1 is 0.857 bits per heavy atom. The van der Waals surface area contributed by atoms with Gasteiger partial charge in [-0.15, -0.1) is 0 Å². The fourth-order valence-corrected chi connectivity index (χ4v) is 6.88. The molecule has 0 fully saturated rings. The number of hydrogen-bond donors (Lipinski definition) is 2. The Labute approximate surface area is 206 Å². The number of allylic oxidation sites excluding steroid dienone is 2. The zero-order valence-electron chi connectivity index (χ0n) is 19.8. The fraction of sp³-hybridized carbons (Fsp3) is 0.200. The maximum Gasteiger partial charge on any atom is 0.261 e. The average molecular weight is 481 g/mol. The first-order chi connectivity index (χ1) is 16.9. The number of anilines is 2. The molecule has 0 spiro atoms. The van der Waals surface area contributed by atoms with Crippen molar-refractivity contribution in [1.82, 2.24) is 0 Å². The van der Waals surface area contributed by atoms with Crippen molar-refractivity contribution in [2.75, 3.05) is 10.0 Å². The van der Waals surface area contributed by atoms with Gasteiger partial charge in [-0.25, -0.2) is 8.42 Å². The largest absolute Gasteiger partial charge is 0.378 e. The van der Waals surface area contributed by atoms with Gasteiger partial charge in [0.25, 0.3) is 10.0 Å². The van der Waals surface area contributed by atoms with Crippen molar-refractivity contribution in [3.63, 3.8) is 0 Å². The molecule has 4 nitrogen and oxygen atoms in total. The molecule has 0 amide bonds. The van der Waals surface area contributed by atoms with Crippen molar-refractivity contribution in [1.29, 1.82) is 0 Å². The third-order valence-electron chi connectivity index (χ3n) is 7.49. The second-order valence-electron chi connectivity index (χ2n) is 9.70. The summed E-state index contributed by atoms with van der Waals surface area (Å²) in [5.74, 6) is 0.520. The van der Waals surface area contributed by atoms with Crippen LogP contribution in [0.1, 0.15) is 40.6 Å². The number of nitrogens with one attached hydrogen (secondary N) is 2. The molecular formula is C30H28N2O2S. The standard InChI is InChI=1S/C30H28N2O2S/c1-19-7-5-8-20(2)29(19)32-35(33,34)24-15-16-28-27(18-24)25-11-6-12-26(25)30(31-28)23-14-13-21-9-3-4-10-22(21)17-23/h3-11,13-18,25-26,30-32H,12H2,1-2H3. The molecule has 35 heavy (non-hydrogen) atoms. The van der Waals surface area contributed by atoms with E-state index in [1.165, 1.54) is 16.3 Å². The monoisotopic (exact) mass is 480 g/mol. The van der Waals surface area contributed by atoms with Crippen molar-refractivity contribution in [2.45, 2.75) is 37.1 Å². The molecule has 0 saturated carbocycles. The summed E-state index contributed by atoms with van der Waals surface area (Å²) in [5.41, 5.74) is 5.78. The number of rotatable bonds is 4. The van der Waals surface area contributed by atoms with Gasteiger partial charge in [0.15, 0.2) is 0 Å². The van der Waals surface area contributed by atoms with Gasteiger partial charge in [-0.05, 0) is 83.5 Å². The number of fused-ring (bicyclic) bond motifs is 4. The quantitative estimate of drug-likeness (QED) is 0.307. The van der Waals surface area contributed by atoms with Crippen LogP contribution in [0.15, 0.2) is 95.9 Å². The highest BCUT2D eigenvalue weighted by atomic mass is 32.2. The van der Waals surface area contributed by atoms with Gasteiger partial charge in [-0.2, -0.15) is 0 Å². The van der Waals surface area contributed by atoms with E-state index in [1.807, 2.05) is 44.2 Å². The minimum Gasteiger partial charge on any atom is -0.378 e. The predicted molar refractivity (Wildman–Crippen MR) is 143 cm³/mol. The molecule has 0 bridgehead atoms. The summed E-state index contributed by atoms with van der Waals surface area (Å²) in [4.78, 5) is 0.295. The molecule has 6 rings (SSSR count).